The van der Waals surface area contributed by atoms with Crippen molar-refractivity contribution in [3.63, 3.8) is 0 Å². The molecular formula is C15H15NO6S. The van der Waals surface area contributed by atoms with Crippen LogP contribution in [0, 0.1) is 0 Å². The van der Waals surface area contributed by atoms with Gasteiger partial charge >= 0.3 is 11.9 Å². The molecule has 8 heteroatoms. The van der Waals surface area contributed by atoms with E-state index in [0.717, 1.165) is 0 Å². The van der Waals surface area contributed by atoms with Crippen LogP contribution in [0.5, 0.6) is 0 Å². The Balaban J connectivity index is 3.06. The van der Waals surface area contributed by atoms with Crippen molar-refractivity contribution in [3.8, 4) is 0 Å². The second-order valence-corrected chi connectivity index (χ2v) is 4.32. The van der Waals surface area contributed by atoms with Gasteiger partial charge in [0, 0.05) is 11.1 Å². The molecule has 0 aliphatic heterocycles. The summed E-state index contributed by atoms with van der Waals surface area (Å²) in [4.78, 5) is 27.7. The lowest BCUT2D eigenvalue weighted by molar-refractivity contribution is -0.136. The Bertz CT molecular complexity index is 653. The van der Waals surface area contributed by atoms with E-state index in [-0.39, 0.29) is 10.6 Å². The van der Waals surface area contributed by atoms with Crippen LogP contribution >= 0.6 is 12.2 Å². The first kappa shape index (κ1) is 18.3. The Hall–Kier alpha value is -2.74. The van der Waals surface area contributed by atoms with Crippen LogP contribution in [0.15, 0.2) is 35.7 Å². The van der Waals surface area contributed by atoms with Gasteiger partial charge in [-0.2, -0.15) is 0 Å². The lowest BCUT2D eigenvalue weighted by Gasteiger charge is -2.08. The maximum atomic E-state index is 11.8. The van der Waals surface area contributed by atoms with E-state index in [9.17, 15) is 9.59 Å². The normalized spacial score (nSPS) is 11.0. The monoisotopic (exact) mass is 337 g/mol. The number of oxime groups is 1. The minimum Gasteiger partial charge on any atom is -0.503 e. The van der Waals surface area contributed by atoms with Gasteiger partial charge in [-0.3, -0.25) is 0 Å². The number of carbonyl (C=O) groups excluding carboxylic acids is 2. The highest BCUT2D eigenvalue weighted by Crippen LogP contribution is 2.19. The molecule has 1 rings (SSSR count). The highest BCUT2D eigenvalue weighted by Gasteiger charge is 2.16. The van der Waals surface area contributed by atoms with Crippen LogP contribution in [0.2, 0.25) is 0 Å². The zero-order chi connectivity index (χ0) is 17.2. The van der Waals surface area contributed by atoms with Crippen molar-refractivity contribution in [2.45, 2.75) is 0 Å². The van der Waals surface area contributed by atoms with E-state index >= 15 is 0 Å². The summed E-state index contributed by atoms with van der Waals surface area (Å²) in [6.45, 7) is 0. The van der Waals surface area contributed by atoms with Crippen LogP contribution in [-0.2, 0) is 28.6 Å². The number of ether oxygens (including phenoxy) is 3. The standard InChI is InChI=1S/C15H15NO6S/c1-19-9-12(13(17)20-2)11-7-5-4-6-10(11)8-16-22-14(18)15(23)21-3/h4-9H,1-3H3/b12-9-,16-8+. The smallest absolute Gasteiger partial charge is 0.411 e. The fourth-order valence-electron chi connectivity index (χ4n) is 1.56. The van der Waals surface area contributed by atoms with Gasteiger partial charge in [0.2, 0.25) is 0 Å². The number of nitrogens with zero attached hydrogens (tertiary/aromatic N) is 1. The quantitative estimate of drug-likeness (QED) is 0.154. The first-order valence-corrected chi connectivity index (χ1v) is 6.69. The summed E-state index contributed by atoms with van der Waals surface area (Å²) in [5, 5.41) is 3.19. The molecular weight excluding hydrogens is 322 g/mol. The number of hydrogen-bond donors (Lipinski definition) is 0. The Kier molecular flexibility index (Phi) is 7.41. The van der Waals surface area contributed by atoms with Crippen molar-refractivity contribution in [1.82, 2.24) is 0 Å². The predicted molar refractivity (Wildman–Crippen MR) is 86.7 cm³/mol. The third-order valence-electron chi connectivity index (χ3n) is 2.57. The molecule has 23 heavy (non-hydrogen) atoms. The summed E-state index contributed by atoms with van der Waals surface area (Å²) in [5.41, 5.74) is 1.20. The summed E-state index contributed by atoms with van der Waals surface area (Å²) >= 11 is 4.60. The van der Waals surface area contributed by atoms with Crippen molar-refractivity contribution in [2.24, 2.45) is 5.16 Å². The van der Waals surface area contributed by atoms with Crippen LogP contribution in [-0.4, -0.2) is 44.5 Å². The number of benzene rings is 1. The average molecular weight is 337 g/mol. The van der Waals surface area contributed by atoms with Gasteiger partial charge in [0.1, 0.15) is 5.57 Å². The van der Waals surface area contributed by atoms with Crippen molar-refractivity contribution >= 4 is 41.0 Å². The molecule has 0 aliphatic carbocycles. The minimum absolute atomic E-state index is 0.191. The molecule has 0 N–H and O–H groups in total. The summed E-state index contributed by atoms with van der Waals surface area (Å²) in [6, 6.07) is 6.80. The van der Waals surface area contributed by atoms with Gasteiger partial charge < -0.3 is 19.0 Å². The molecule has 0 radical (unpaired) electrons. The number of methoxy groups -OCH3 is 3. The lowest BCUT2D eigenvalue weighted by atomic mass is 10.0. The fourth-order valence-corrected chi connectivity index (χ4v) is 1.59. The van der Waals surface area contributed by atoms with Crippen LogP contribution in [0.3, 0.4) is 0 Å². The second-order valence-electron chi connectivity index (χ2n) is 3.95. The van der Waals surface area contributed by atoms with Crippen LogP contribution < -0.4 is 0 Å². The molecule has 0 bridgehead atoms. The van der Waals surface area contributed by atoms with Crippen LogP contribution in [0.25, 0.3) is 5.57 Å². The van der Waals surface area contributed by atoms with Crippen molar-refractivity contribution in [3.05, 3.63) is 41.7 Å². The molecule has 0 heterocycles. The SMILES string of the molecule is CO/C=C(\C(=O)OC)c1ccccc1/C=N/OC(=O)C(=S)OC. The first-order chi connectivity index (χ1) is 11.0. The number of rotatable bonds is 5. The summed E-state index contributed by atoms with van der Waals surface area (Å²) in [5.74, 6) is -1.47. The summed E-state index contributed by atoms with van der Waals surface area (Å²) in [7, 11) is 3.92. The lowest BCUT2D eigenvalue weighted by Crippen LogP contribution is -2.14. The van der Waals surface area contributed by atoms with Crippen molar-refractivity contribution in [2.75, 3.05) is 21.3 Å². The highest BCUT2D eigenvalue weighted by atomic mass is 32.1. The van der Waals surface area contributed by atoms with Crippen LogP contribution in [0.1, 0.15) is 11.1 Å². The molecule has 0 fully saturated rings. The minimum atomic E-state index is -0.892. The van der Waals surface area contributed by atoms with Crippen molar-refractivity contribution < 1.29 is 28.6 Å². The third kappa shape index (κ3) is 5.19. The maximum Gasteiger partial charge on any atom is 0.411 e. The average Bonchev–Trinajstić information content (AvgIpc) is 2.58. The van der Waals surface area contributed by atoms with Gasteiger partial charge in [-0.05, 0) is 12.2 Å². The predicted octanol–water partition coefficient (Wildman–Crippen LogP) is 1.70. The van der Waals surface area contributed by atoms with Gasteiger partial charge in [-0.15, -0.1) is 0 Å². The Morgan fingerprint density at radius 3 is 2.39 bits per heavy atom. The van der Waals surface area contributed by atoms with Crippen LogP contribution in [0.4, 0.5) is 0 Å². The maximum absolute atomic E-state index is 11.8. The molecule has 1 aromatic rings. The second kappa shape index (κ2) is 9.31. The van der Waals surface area contributed by atoms with Gasteiger partial charge in [0.05, 0.1) is 33.8 Å². The van der Waals surface area contributed by atoms with E-state index in [1.807, 2.05) is 0 Å². The molecule has 0 aliphatic rings. The first-order valence-electron chi connectivity index (χ1n) is 6.28. The third-order valence-corrected chi connectivity index (χ3v) is 2.90. The largest absolute Gasteiger partial charge is 0.503 e. The van der Waals surface area contributed by atoms with E-state index in [1.54, 1.807) is 24.3 Å². The number of hydrogen-bond acceptors (Lipinski definition) is 8. The molecule has 1 aromatic carbocycles. The van der Waals surface area contributed by atoms with Gasteiger partial charge in [0.15, 0.2) is 0 Å². The van der Waals surface area contributed by atoms with E-state index in [2.05, 4.69) is 26.9 Å². The number of esters is 1. The van der Waals surface area contributed by atoms with Gasteiger partial charge in [-0.1, -0.05) is 29.4 Å². The Labute approximate surface area is 138 Å². The molecule has 0 aromatic heterocycles. The molecule has 0 saturated heterocycles. The number of thiocarbonyl (C=S) groups is 1. The van der Waals surface area contributed by atoms with Gasteiger partial charge in [-0.25, -0.2) is 9.59 Å². The van der Waals surface area contributed by atoms with E-state index in [0.29, 0.717) is 11.1 Å². The van der Waals surface area contributed by atoms with Crippen molar-refractivity contribution in [1.29, 1.82) is 0 Å². The van der Waals surface area contributed by atoms with E-state index < -0.39 is 11.9 Å². The molecule has 0 spiro atoms. The summed E-state index contributed by atoms with van der Waals surface area (Å²) < 4.78 is 14.2. The highest BCUT2D eigenvalue weighted by molar-refractivity contribution is 7.81. The zero-order valence-corrected chi connectivity index (χ0v) is 13.6. The summed E-state index contributed by atoms with van der Waals surface area (Å²) in [6.07, 6.45) is 2.52. The molecule has 122 valence electrons. The fraction of sp³-hybridized carbons (Fsp3) is 0.200. The van der Waals surface area contributed by atoms with E-state index in [4.69, 9.17) is 9.47 Å². The molecule has 0 atom stereocenters. The Morgan fingerprint density at radius 2 is 1.78 bits per heavy atom. The number of carbonyl (C=O) groups is 2. The molecule has 0 amide bonds. The molecule has 0 saturated carbocycles. The topological polar surface area (TPSA) is 83.4 Å². The van der Waals surface area contributed by atoms with E-state index in [1.165, 1.54) is 33.8 Å². The molecule has 7 nitrogen and oxygen atoms in total. The molecule has 0 unspecified atom stereocenters. The Morgan fingerprint density at radius 1 is 1.09 bits per heavy atom. The van der Waals surface area contributed by atoms with Gasteiger partial charge in [0.25, 0.3) is 5.05 Å². The zero-order valence-electron chi connectivity index (χ0n) is 12.8.